The van der Waals surface area contributed by atoms with Gasteiger partial charge in [-0.05, 0) is 82.1 Å². The summed E-state index contributed by atoms with van der Waals surface area (Å²) in [7, 11) is 0. The molecule has 4 rings (SSSR count). The molecule has 0 aromatic heterocycles. The SMILES string of the molecule is CC(C)(C)NC(=O)[C@@H]1CC[C@@H]2[C@H]3C[C@@H](O)[C@@H]4NC(=O)C=C[C@@]4(C)[C@@H]3CC[C@]21C. The van der Waals surface area contributed by atoms with Crippen LogP contribution in [-0.2, 0) is 9.59 Å². The van der Waals surface area contributed by atoms with Gasteiger partial charge in [-0.3, -0.25) is 9.59 Å². The van der Waals surface area contributed by atoms with Crippen molar-refractivity contribution in [2.24, 2.45) is 34.5 Å². The number of nitrogens with one attached hydrogen (secondary N) is 2. The zero-order valence-corrected chi connectivity index (χ0v) is 17.9. The fraction of sp³-hybridized carbons (Fsp3) is 0.826. The Hall–Kier alpha value is -1.36. The van der Waals surface area contributed by atoms with E-state index < -0.39 is 6.10 Å². The highest BCUT2D eigenvalue weighted by Crippen LogP contribution is 2.65. The van der Waals surface area contributed by atoms with E-state index in [4.69, 9.17) is 0 Å². The van der Waals surface area contributed by atoms with Crippen molar-refractivity contribution < 1.29 is 14.7 Å². The fourth-order valence-corrected chi connectivity index (χ4v) is 7.27. The van der Waals surface area contributed by atoms with Gasteiger partial charge in [0.1, 0.15) is 0 Å². The summed E-state index contributed by atoms with van der Waals surface area (Å²) < 4.78 is 0. The lowest BCUT2D eigenvalue weighted by Crippen LogP contribution is -2.64. The molecule has 5 heteroatoms. The Labute approximate surface area is 168 Å². The van der Waals surface area contributed by atoms with E-state index in [-0.39, 0.29) is 40.1 Å². The molecular weight excluding hydrogens is 352 g/mol. The average molecular weight is 389 g/mol. The third-order valence-electron chi connectivity index (χ3n) is 8.51. The monoisotopic (exact) mass is 388 g/mol. The highest BCUT2D eigenvalue weighted by molar-refractivity contribution is 5.89. The summed E-state index contributed by atoms with van der Waals surface area (Å²) in [5.41, 5.74) is -0.417. The minimum absolute atomic E-state index is 0.00104. The molecule has 0 aromatic carbocycles. The summed E-state index contributed by atoms with van der Waals surface area (Å²) >= 11 is 0. The van der Waals surface area contributed by atoms with E-state index in [1.807, 2.05) is 20.8 Å². The molecule has 3 fully saturated rings. The Balaban J connectivity index is 1.61. The summed E-state index contributed by atoms with van der Waals surface area (Å²) in [6.45, 7) is 10.6. The highest BCUT2D eigenvalue weighted by atomic mass is 16.3. The molecule has 1 heterocycles. The van der Waals surface area contributed by atoms with Gasteiger partial charge in [0.2, 0.25) is 11.8 Å². The van der Waals surface area contributed by atoms with E-state index in [0.29, 0.717) is 17.8 Å². The van der Waals surface area contributed by atoms with E-state index in [1.165, 1.54) is 0 Å². The van der Waals surface area contributed by atoms with Gasteiger partial charge < -0.3 is 15.7 Å². The first-order valence-electron chi connectivity index (χ1n) is 11.0. The Morgan fingerprint density at radius 1 is 1.21 bits per heavy atom. The maximum absolute atomic E-state index is 13.1. The molecule has 2 amide bonds. The zero-order valence-electron chi connectivity index (χ0n) is 17.9. The summed E-state index contributed by atoms with van der Waals surface area (Å²) in [5, 5.41) is 17.2. The van der Waals surface area contributed by atoms with Gasteiger partial charge in [0, 0.05) is 16.9 Å². The van der Waals surface area contributed by atoms with Gasteiger partial charge in [-0.2, -0.15) is 0 Å². The van der Waals surface area contributed by atoms with Gasteiger partial charge in [-0.1, -0.05) is 19.9 Å². The van der Waals surface area contributed by atoms with Crippen molar-refractivity contribution in [2.75, 3.05) is 0 Å². The first kappa shape index (κ1) is 19.9. The minimum Gasteiger partial charge on any atom is -0.391 e. The molecule has 0 radical (unpaired) electrons. The molecule has 0 spiro atoms. The molecule has 3 saturated carbocycles. The summed E-state index contributed by atoms with van der Waals surface area (Å²) in [6, 6.07) is -0.197. The normalized spacial score (nSPS) is 47.6. The van der Waals surface area contributed by atoms with Gasteiger partial charge in [-0.15, -0.1) is 0 Å². The first-order valence-corrected chi connectivity index (χ1v) is 11.0. The standard InChI is InChI=1S/C23H36N2O3/c1-21(2,3)25-20(28)16-7-6-14-13-12-17(26)19-23(5,11-9-18(27)24-19)15(13)8-10-22(14,16)4/h9,11,13-17,19,26H,6-8,10,12H2,1-5H3,(H,24,27)(H,25,28)/t13-,14-,15-,16+,17-,19+,22-,23+/m1/s1. The number of rotatable bonds is 1. The Kier molecular flexibility index (Phi) is 4.50. The third kappa shape index (κ3) is 2.92. The van der Waals surface area contributed by atoms with Crippen molar-refractivity contribution in [3.05, 3.63) is 12.2 Å². The fourth-order valence-electron chi connectivity index (χ4n) is 7.27. The molecule has 5 nitrogen and oxygen atoms in total. The Bertz CT molecular complexity index is 711. The summed E-state index contributed by atoms with van der Waals surface area (Å²) in [4.78, 5) is 24.9. The van der Waals surface area contributed by atoms with Crippen LogP contribution in [0.5, 0.6) is 0 Å². The second-order valence-corrected chi connectivity index (χ2v) is 11.3. The second-order valence-electron chi connectivity index (χ2n) is 11.3. The van der Waals surface area contributed by atoms with Crippen molar-refractivity contribution in [3.8, 4) is 0 Å². The number of aliphatic hydroxyl groups excluding tert-OH is 1. The number of carbonyl (C=O) groups excluding carboxylic acids is 2. The maximum atomic E-state index is 13.1. The molecule has 28 heavy (non-hydrogen) atoms. The molecule has 3 aliphatic carbocycles. The minimum atomic E-state index is -0.523. The lowest BCUT2D eigenvalue weighted by molar-refractivity contribution is -0.141. The molecule has 1 aliphatic heterocycles. The van der Waals surface area contributed by atoms with Crippen LogP contribution in [0.25, 0.3) is 0 Å². The highest BCUT2D eigenvalue weighted by Gasteiger charge is 2.62. The van der Waals surface area contributed by atoms with Crippen molar-refractivity contribution in [3.63, 3.8) is 0 Å². The molecular formula is C23H36N2O3. The van der Waals surface area contributed by atoms with Gasteiger partial charge >= 0.3 is 0 Å². The van der Waals surface area contributed by atoms with Gasteiger partial charge in [0.25, 0.3) is 0 Å². The van der Waals surface area contributed by atoms with Crippen LogP contribution in [0.3, 0.4) is 0 Å². The van der Waals surface area contributed by atoms with Crippen LogP contribution in [0, 0.1) is 34.5 Å². The predicted octanol–water partition coefficient (Wildman–Crippen LogP) is 2.79. The van der Waals surface area contributed by atoms with E-state index >= 15 is 0 Å². The van der Waals surface area contributed by atoms with Crippen molar-refractivity contribution in [2.45, 2.75) is 84.4 Å². The molecule has 3 N–H and O–H groups in total. The van der Waals surface area contributed by atoms with Crippen LogP contribution < -0.4 is 10.6 Å². The van der Waals surface area contributed by atoms with Crippen LogP contribution in [0.1, 0.15) is 66.7 Å². The van der Waals surface area contributed by atoms with Gasteiger partial charge in [0.15, 0.2) is 0 Å². The Morgan fingerprint density at radius 3 is 2.61 bits per heavy atom. The molecule has 0 saturated heterocycles. The van der Waals surface area contributed by atoms with E-state index in [2.05, 4.69) is 30.6 Å². The largest absolute Gasteiger partial charge is 0.391 e. The van der Waals surface area contributed by atoms with E-state index in [9.17, 15) is 14.7 Å². The molecule has 0 unspecified atom stereocenters. The maximum Gasteiger partial charge on any atom is 0.244 e. The predicted molar refractivity (Wildman–Crippen MR) is 108 cm³/mol. The summed E-state index contributed by atoms with van der Waals surface area (Å²) in [5.74, 6) is 1.46. The summed E-state index contributed by atoms with van der Waals surface area (Å²) in [6.07, 6.45) is 8.00. The van der Waals surface area contributed by atoms with E-state index in [0.717, 1.165) is 32.1 Å². The van der Waals surface area contributed by atoms with Crippen LogP contribution in [0.2, 0.25) is 0 Å². The van der Waals surface area contributed by atoms with Crippen molar-refractivity contribution in [1.29, 1.82) is 0 Å². The van der Waals surface area contributed by atoms with Gasteiger partial charge in [0.05, 0.1) is 12.1 Å². The molecule has 8 atom stereocenters. The number of amides is 2. The molecule has 0 bridgehead atoms. The van der Waals surface area contributed by atoms with Crippen LogP contribution >= 0.6 is 0 Å². The van der Waals surface area contributed by atoms with E-state index in [1.54, 1.807) is 6.08 Å². The number of hydrogen-bond donors (Lipinski definition) is 3. The zero-order chi connectivity index (χ0) is 20.5. The topological polar surface area (TPSA) is 78.4 Å². The van der Waals surface area contributed by atoms with Crippen LogP contribution in [0.15, 0.2) is 12.2 Å². The molecule has 0 aromatic rings. The Morgan fingerprint density at radius 2 is 1.93 bits per heavy atom. The quantitative estimate of drug-likeness (QED) is 0.646. The second kappa shape index (κ2) is 6.32. The number of carbonyl (C=O) groups is 2. The number of fused-ring (bicyclic) bond motifs is 5. The first-order chi connectivity index (χ1) is 13.0. The molecule has 4 aliphatic rings. The lowest BCUT2D eigenvalue weighted by Gasteiger charge is -2.60. The lowest BCUT2D eigenvalue weighted by atomic mass is 9.47. The van der Waals surface area contributed by atoms with Crippen molar-refractivity contribution in [1.82, 2.24) is 10.6 Å². The van der Waals surface area contributed by atoms with Crippen LogP contribution in [-0.4, -0.2) is 34.6 Å². The third-order valence-corrected chi connectivity index (χ3v) is 8.51. The smallest absolute Gasteiger partial charge is 0.244 e. The van der Waals surface area contributed by atoms with Crippen LogP contribution in [0.4, 0.5) is 0 Å². The number of hydrogen-bond acceptors (Lipinski definition) is 3. The average Bonchev–Trinajstić information content (AvgIpc) is 2.93. The molecule has 156 valence electrons. The van der Waals surface area contributed by atoms with Crippen molar-refractivity contribution >= 4 is 11.8 Å². The number of aliphatic hydroxyl groups is 1. The van der Waals surface area contributed by atoms with Gasteiger partial charge in [-0.25, -0.2) is 0 Å².